The van der Waals surface area contributed by atoms with Gasteiger partial charge in [-0.2, -0.15) is 0 Å². The van der Waals surface area contributed by atoms with Crippen LogP contribution in [0.4, 0.5) is 5.69 Å². The van der Waals surface area contributed by atoms with Gasteiger partial charge in [0.05, 0.1) is 19.4 Å². The average molecular weight is 500 g/mol. The first-order valence-corrected chi connectivity index (χ1v) is 11.5. The minimum absolute atomic E-state index is 0.197. The van der Waals surface area contributed by atoms with Crippen LogP contribution in [-0.4, -0.2) is 62.4 Å². The van der Waals surface area contributed by atoms with E-state index < -0.39 is 0 Å². The number of rotatable bonds is 12. The van der Waals surface area contributed by atoms with Gasteiger partial charge in [0.2, 0.25) is 0 Å². The van der Waals surface area contributed by atoms with E-state index in [1.54, 1.807) is 49.6 Å². The van der Waals surface area contributed by atoms with Crippen molar-refractivity contribution in [3.8, 4) is 17.2 Å². The highest BCUT2D eigenvalue weighted by molar-refractivity contribution is 7.80. The zero-order chi connectivity index (χ0) is 25.2. The summed E-state index contributed by atoms with van der Waals surface area (Å²) < 4.78 is 21.7. The normalized spacial score (nSPS) is 14.1. The van der Waals surface area contributed by atoms with Crippen LogP contribution < -0.4 is 24.8 Å². The predicted octanol–water partition coefficient (Wildman–Crippen LogP) is 3.21. The van der Waals surface area contributed by atoms with E-state index in [0.717, 1.165) is 5.56 Å². The van der Waals surface area contributed by atoms with Gasteiger partial charge in [0.25, 0.3) is 11.8 Å². The molecular formula is C25H29N3O6S. The predicted molar refractivity (Wildman–Crippen MR) is 137 cm³/mol. The Hall–Kier alpha value is -3.63. The molecule has 1 heterocycles. The maximum Gasteiger partial charge on any atom is 0.276 e. The molecule has 0 saturated carbocycles. The van der Waals surface area contributed by atoms with Gasteiger partial charge >= 0.3 is 0 Å². The van der Waals surface area contributed by atoms with Crippen molar-refractivity contribution in [3.63, 3.8) is 0 Å². The highest BCUT2D eigenvalue weighted by Crippen LogP contribution is 2.30. The lowest BCUT2D eigenvalue weighted by molar-refractivity contribution is -0.122. The Labute approximate surface area is 210 Å². The molecule has 1 aliphatic heterocycles. The van der Waals surface area contributed by atoms with Crippen LogP contribution in [0.15, 0.2) is 48.2 Å². The number of methoxy groups -OCH3 is 2. The number of ether oxygens (including phenoxy) is 4. The molecule has 0 unspecified atom stereocenters. The van der Waals surface area contributed by atoms with Crippen molar-refractivity contribution >= 4 is 40.9 Å². The summed E-state index contributed by atoms with van der Waals surface area (Å²) in [7, 11) is 3.15. The van der Waals surface area contributed by atoms with Gasteiger partial charge in [-0.15, -0.1) is 0 Å². The van der Waals surface area contributed by atoms with Crippen LogP contribution in [0.3, 0.4) is 0 Å². The van der Waals surface area contributed by atoms with Gasteiger partial charge in [-0.1, -0.05) is 18.2 Å². The molecule has 1 aliphatic rings. The van der Waals surface area contributed by atoms with Crippen molar-refractivity contribution < 1.29 is 28.5 Å². The summed E-state index contributed by atoms with van der Waals surface area (Å²) in [4.78, 5) is 26.6. The standard InChI is InChI=1S/C25H29N3O6S/c1-4-33-22-15-17(14-19-24(30)28(25(35)27-19)12-7-13-31-2)10-11-21(22)34-16-23(29)26-18-8-5-6-9-20(18)32-3/h5-6,8-11,14-15H,4,7,12-13,16H2,1-3H3,(H,26,29)(H,27,35)/b19-14+. The van der Waals surface area contributed by atoms with Gasteiger partial charge in [0.1, 0.15) is 11.4 Å². The maximum atomic E-state index is 12.7. The largest absolute Gasteiger partial charge is 0.495 e. The van der Waals surface area contributed by atoms with E-state index in [-0.39, 0.29) is 18.4 Å². The third-order valence-electron chi connectivity index (χ3n) is 5.01. The van der Waals surface area contributed by atoms with E-state index in [0.29, 0.717) is 59.9 Å². The van der Waals surface area contributed by atoms with E-state index in [2.05, 4.69) is 10.6 Å². The molecule has 0 spiro atoms. The molecule has 0 atom stereocenters. The minimum atomic E-state index is -0.342. The first kappa shape index (κ1) is 26.0. The quantitative estimate of drug-likeness (QED) is 0.261. The number of benzene rings is 2. The summed E-state index contributed by atoms with van der Waals surface area (Å²) in [6.45, 7) is 3.05. The molecule has 0 bridgehead atoms. The van der Waals surface area contributed by atoms with Gasteiger partial charge < -0.3 is 29.6 Å². The zero-order valence-electron chi connectivity index (χ0n) is 20.0. The zero-order valence-corrected chi connectivity index (χ0v) is 20.8. The molecule has 10 heteroatoms. The maximum absolute atomic E-state index is 12.7. The fourth-order valence-electron chi connectivity index (χ4n) is 3.39. The molecule has 0 radical (unpaired) electrons. The molecule has 186 valence electrons. The summed E-state index contributed by atoms with van der Waals surface area (Å²) >= 11 is 5.29. The molecule has 1 fully saturated rings. The topological polar surface area (TPSA) is 98.4 Å². The smallest absolute Gasteiger partial charge is 0.276 e. The first-order chi connectivity index (χ1) is 17.0. The lowest BCUT2D eigenvalue weighted by atomic mass is 10.1. The second-order valence-corrected chi connectivity index (χ2v) is 7.85. The van der Waals surface area contributed by atoms with E-state index in [9.17, 15) is 9.59 Å². The van der Waals surface area contributed by atoms with Crippen LogP contribution in [0.1, 0.15) is 18.9 Å². The number of nitrogens with one attached hydrogen (secondary N) is 2. The van der Waals surface area contributed by atoms with Crippen molar-refractivity contribution in [2.75, 3.05) is 45.9 Å². The number of para-hydroxylation sites is 2. The van der Waals surface area contributed by atoms with Crippen LogP contribution in [0.5, 0.6) is 17.2 Å². The van der Waals surface area contributed by atoms with Crippen molar-refractivity contribution in [3.05, 3.63) is 53.7 Å². The molecule has 2 aromatic rings. The van der Waals surface area contributed by atoms with Gasteiger partial charge in [0, 0.05) is 20.3 Å². The molecule has 35 heavy (non-hydrogen) atoms. The van der Waals surface area contributed by atoms with E-state index in [1.165, 1.54) is 12.0 Å². The van der Waals surface area contributed by atoms with E-state index in [4.69, 9.17) is 31.2 Å². The number of carbonyl (C=O) groups is 2. The summed E-state index contributed by atoms with van der Waals surface area (Å²) in [5.74, 6) is 0.881. The van der Waals surface area contributed by atoms with Gasteiger partial charge in [-0.3, -0.25) is 14.5 Å². The highest BCUT2D eigenvalue weighted by atomic mass is 32.1. The number of hydrogen-bond donors (Lipinski definition) is 2. The molecule has 1 saturated heterocycles. The molecule has 3 rings (SSSR count). The Morgan fingerprint density at radius 3 is 2.66 bits per heavy atom. The fourth-order valence-corrected chi connectivity index (χ4v) is 3.67. The third kappa shape index (κ3) is 6.93. The highest BCUT2D eigenvalue weighted by Gasteiger charge is 2.30. The van der Waals surface area contributed by atoms with Crippen molar-refractivity contribution in [1.82, 2.24) is 10.2 Å². The lowest BCUT2D eigenvalue weighted by Gasteiger charge is -2.14. The summed E-state index contributed by atoms with van der Waals surface area (Å²) in [5, 5.41) is 6.09. The van der Waals surface area contributed by atoms with Crippen LogP contribution >= 0.6 is 12.2 Å². The Morgan fingerprint density at radius 1 is 1.11 bits per heavy atom. The minimum Gasteiger partial charge on any atom is -0.495 e. The second kappa shape index (κ2) is 12.7. The van der Waals surface area contributed by atoms with E-state index >= 15 is 0 Å². The van der Waals surface area contributed by atoms with E-state index in [1.807, 2.05) is 13.0 Å². The Balaban J connectivity index is 1.68. The number of hydrogen-bond acceptors (Lipinski definition) is 7. The van der Waals surface area contributed by atoms with Gasteiger partial charge in [-0.05, 0) is 61.5 Å². The molecule has 2 amide bonds. The molecule has 2 aromatic carbocycles. The van der Waals surface area contributed by atoms with Crippen molar-refractivity contribution in [2.45, 2.75) is 13.3 Å². The molecule has 9 nitrogen and oxygen atoms in total. The lowest BCUT2D eigenvalue weighted by Crippen LogP contribution is -2.32. The Morgan fingerprint density at radius 2 is 1.91 bits per heavy atom. The third-order valence-corrected chi connectivity index (χ3v) is 5.33. The van der Waals surface area contributed by atoms with Crippen molar-refractivity contribution in [2.24, 2.45) is 0 Å². The fraction of sp³-hybridized carbons (Fsp3) is 0.320. The first-order valence-electron chi connectivity index (χ1n) is 11.1. The van der Waals surface area contributed by atoms with Crippen LogP contribution in [-0.2, 0) is 14.3 Å². The SMILES string of the molecule is CCOc1cc(/C=C2/NC(=S)N(CCCOC)C2=O)ccc1OCC(=O)Nc1ccccc1OC. The molecule has 2 N–H and O–H groups in total. The average Bonchev–Trinajstić information content (AvgIpc) is 3.11. The van der Waals surface area contributed by atoms with Crippen molar-refractivity contribution in [1.29, 1.82) is 0 Å². The Bertz CT molecular complexity index is 1100. The number of anilines is 1. The summed E-state index contributed by atoms with van der Waals surface area (Å²) in [6.07, 6.45) is 2.38. The van der Waals surface area contributed by atoms with Crippen LogP contribution in [0.2, 0.25) is 0 Å². The van der Waals surface area contributed by atoms with Gasteiger partial charge in [-0.25, -0.2) is 0 Å². The second-order valence-electron chi connectivity index (χ2n) is 7.47. The number of amides is 2. The van der Waals surface area contributed by atoms with Gasteiger partial charge in [0.15, 0.2) is 23.2 Å². The molecular weight excluding hydrogens is 470 g/mol. The van der Waals surface area contributed by atoms with Crippen LogP contribution in [0.25, 0.3) is 6.08 Å². The summed E-state index contributed by atoms with van der Waals surface area (Å²) in [6, 6.07) is 12.3. The monoisotopic (exact) mass is 499 g/mol. The number of nitrogens with zero attached hydrogens (tertiary/aromatic N) is 1. The summed E-state index contributed by atoms with van der Waals surface area (Å²) in [5.41, 5.74) is 1.65. The Kier molecular flexibility index (Phi) is 9.45. The number of thiocarbonyl (C=S) groups is 1. The van der Waals surface area contributed by atoms with Crippen LogP contribution in [0, 0.1) is 0 Å². The molecule has 0 aliphatic carbocycles. The molecule has 0 aromatic heterocycles. The number of carbonyl (C=O) groups excluding carboxylic acids is 2.